The van der Waals surface area contributed by atoms with Crippen molar-refractivity contribution in [1.82, 2.24) is 4.90 Å². The van der Waals surface area contributed by atoms with Gasteiger partial charge >= 0.3 is 0 Å². The van der Waals surface area contributed by atoms with E-state index in [-0.39, 0.29) is 0 Å². The molecule has 0 saturated heterocycles. The van der Waals surface area contributed by atoms with Crippen molar-refractivity contribution in [2.24, 2.45) is 28.6 Å². The monoisotopic (exact) mass is 436 g/mol. The summed E-state index contributed by atoms with van der Waals surface area (Å²) in [5.74, 6) is 2.86. The van der Waals surface area contributed by atoms with Crippen LogP contribution in [0.4, 0.5) is 5.69 Å². The molecule has 0 heterocycles. The van der Waals surface area contributed by atoms with Crippen molar-refractivity contribution in [3.8, 4) is 0 Å². The Morgan fingerprint density at radius 3 is 2.50 bits per heavy atom. The Kier molecular flexibility index (Phi) is 7.27. The van der Waals surface area contributed by atoms with E-state index in [1.54, 1.807) is 19.3 Å². The summed E-state index contributed by atoms with van der Waals surface area (Å²) in [7, 11) is 4.00. The third-order valence-electron chi connectivity index (χ3n) is 8.87. The summed E-state index contributed by atoms with van der Waals surface area (Å²) < 4.78 is 0. The minimum atomic E-state index is 0.596. The van der Waals surface area contributed by atoms with Crippen LogP contribution in [0.15, 0.2) is 36.7 Å². The second kappa shape index (κ2) is 9.45. The largest absolute Gasteiger partial charge is 0.380 e. The number of aldehydes is 1. The highest BCUT2D eigenvalue weighted by Gasteiger charge is 2.69. The Labute approximate surface area is 196 Å². The summed E-state index contributed by atoms with van der Waals surface area (Å²) in [6.45, 7) is 16.4. The van der Waals surface area contributed by atoms with Crippen molar-refractivity contribution in [2.45, 2.75) is 66.7 Å². The minimum absolute atomic E-state index is 0.596. The number of rotatable bonds is 7. The van der Waals surface area contributed by atoms with Crippen molar-refractivity contribution in [3.63, 3.8) is 0 Å². The molecule has 3 saturated carbocycles. The fraction of sp³-hybridized carbons (Fsp3) is 0.621. The third kappa shape index (κ3) is 4.40. The number of anilines is 1. The quantitative estimate of drug-likeness (QED) is 0.421. The highest BCUT2D eigenvalue weighted by atomic mass is 16.1. The van der Waals surface area contributed by atoms with Gasteiger partial charge in [-0.2, -0.15) is 0 Å². The van der Waals surface area contributed by atoms with Crippen LogP contribution in [0.2, 0.25) is 0 Å². The van der Waals surface area contributed by atoms with Gasteiger partial charge in [-0.1, -0.05) is 52.8 Å². The third-order valence-corrected chi connectivity index (χ3v) is 8.87. The molecule has 0 N–H and O–H groups in total. The van der Waals surface area contributed by atoms with Crippen LogP contribution in [-0.2, 0) is 0 Å². The van der Waals surface area contributed by atoms with E-state index in [4.69, 9.17) is 0 Å². The molecule has 0 radical (unpaired) electrons. The van der Waals surface area contributed by atoms with Gasteiger partial charge in [-0.25, -0.2) is 0 Å². The van der Waals surface area contributed by atoms with Gasteiger partial charge < -0.3 is 9.80 Å². The topological polar surface area (TPSA) is 23.6 Å². The molecule has 176 valence electrons. The minimum Gasteiger partial charge on any atom is -0.380 e. The standard InChI is InChI=1S/C18H26N2O.C11H18/c1-14(2)12-19(5)11-10-17-16(13-21)8-7-9-18(17)20(6)15(3)4;1-10-5-3-4-8-6-9(7-10)11(8,10)2/h7-11,13-14H,3,12H2,1-2,4-6H3;8-9H,3-7H2,1-2H3/b11-10-;. The van der Waals surface area contributed by atoms with Crippen LogP contribution >= 0.6 is 0 Å². The number of allylic oxidation sites excluding steroid dienone is 1. The Morgan fingerprint density at radius 2 is 1.97 bits per heavy atom. The molecule has 4 rings (SSSR count). The van der Waals surface area contributed by atoms with Crippen LogP contribution in [0.1, 0.15) is 82.6 Å². The van der Waals surface area contributed by atoms with E-state index in [2.05, 4.69) is 39.2 Å². The summed E-state index contributed by atoms with van der Waals surface area (Å²) in [4.78, 5) is 15.4. The Bertz CT molecular complexity index is 866. The van der Waals surface area contributed by atoms with Gasteiger partial charge in [0.05, 0.1) is 0 Å². The zero-order valence-corrected chi connectivity index (χ0v) is 21.4. The first-order valence-corrected chi connectivity index (χ1v) is 12.4. The van der Waals surface area contributed by atoms with E-state index >= 15 is 0 Å². The van der Waals surface area contributed by atoms with Gasteiger partial charge in [-0.05, 0) is 79.5 Å². The average Bonchev–Trinajstić information content (AvgIpc) is 2.72. The lowest BCUT2D eigenvalue weighted by Crippen LogP contribution is -2.68. The molecule has 3 heteroatoms. The van der Waals surface area contributed by atoms with Crippen LogP contribution < -0.4 is 4.90 Å². The van der Waals surface area contributed by atoms with Crippen molar-refractivity contribution in [1.29, 1.82) is 0 Å². The number of hydrogen-bond donors (Lipinski definition) is 0. The summed E-state index contributed by atoms with van der Waals surface area (Å²) in [5.41, 5.74) is 5.12. The van der Waals surface area contributed by atoms with Gasteiger partial charge in [0.25, 0.3) is 0 Å². The van der Waals surface area contributed by atoms with Gasteiger partial charge in [-0.3, -0.25) is 4.79 Å². The average molecular weight is 437 g/mol. The SMILES string of the molecule is C=C(C)N(C)c1cccc(C=O)c1/C=C\N(C)CC(C)C.CC12CCCC3CC(C1)C32C. The maximum absolute atomic E-state index is 11.3. The van der Waals surface area contributed by atoms with Gasteiger partial charge in [0, 0.05) is 43.2 Å². The molecule has 0 aliphatic heterocycles. The summed E-state index contributed by atoms with van der Waals surface area (Å²) in [5, 5.41) is 0. The molecule has 3 aliphatic rings. The summed E-state index contributed by atoms with van der Waals surface area (Å²) >= 11 is 0. The van der Waals surface area contributed by atoms with Crippen molar-refractivity contribution < 1.29 is 4.79 Å². The lowest BCUT2D eigenvalue weighted by Gasteiger charge is -2.76. The van der Waals surface area contributed by atoms with E-state index in [9.17, 15) is 4.79 Å². The van der Waals surface area contributed by atoms with Gasteiger partial charge in [0.2, 0.25) is 0 Å². The van der Waals surface area contributed by atoms with E-state index in [1.165, 1.54) is 12.8 Å². The molecule has 32 heavy (non-hydrogen) atoms. The molecule has 0 aromatic heterocycles. The summed E-state index contributed by atoms with van der Waals surface area (Å²) in [6.07, 6.45) is 12.6. The smallest absolute Gasteiger partial charge is 0.150 e. The predicted molar refractivity (Wildman–Crippen MR) is 138 cm³/mol. The number of carbonyl (C=O) groups excluding carboxylic acids is 1. The van der Waals surface area contributed by atoms with Crippen LogP contribution in [0.5, 0.6) is 0 Å². The maximum atomic E-state index is 11.3. The maximum Gasteiger partial charge on any atom is 0.150 e. The van der Waals surface area contributed by atoms with Crippen LogP contribution in [-0.4, -0.2) is 31.8 Å². The first-order chi connectivity index (χ1) is 15.0. The predicted octanol–water partition coefficient (Wildman–Crippen LogP) is 7.25. The van der Waals surface area contributed by atoms with Crippen LogP contribution in [0, 0.1) is 28.6 Å². The molecule has 4 unspecified atom stereocenters. The van der Waals surface area contributed by atoms with E-state index < -0.39 is 0 Å². The molecule has 1 aromatic rings. The number of nitrogens with zero attached hydrogens (tertiary/aromatic N) is 2. The van der Waals surface area contributed by atoms with Crippen LogP contribution in [0.25, 0.3) is 6.08 Å². The Morgan fingerprint density at radius 1 is 1.25 bits per heavy atom. The highest BCUT2D eigenvalue weighted by molar-refractivity contribution is 5.87. The number of benzene rings is 1. The fourth-order valence-electron chi connectivity index (χ4n) is 6.64. The van der Waals surface area contributed by atoms with Crippen molar-refractivity contribution in [2.75, 3.05) is 25.5 Å². The van der Waals surface area contributed by atoms with Crippen molar-refractivity contribution in [3.05, 3.63) is 47.8 Å². The molecule has 1 aromatic carbocycles. The van der Waals surface area contributed by atoms with E-state index in [0.29, 0.717) is 11.5 Å². The second-order valence-corrected chi connectivity index (χ2v) is 11.4. The first kappa shape index (κ1) is 24.6. The zero-order chi connectivity index (χ0) is 23.7. The Balaban J connectivity index is 0.000000215. The van der Waals surface area contributed by atoms with Gasteiger partial charge in [-0.15, -0.1) is 0 Å². The molecular formula is C29H44N2O. The van der Waals surface area contributed by atoms with Gasteiger partial charge in [0.1, 0.15) is 0 Å². The molecule has 0 amide bonds. The molecular weight excluding hydrogens is 392 g/mol. The Hall–Kier alpha value is -2.03. The number of carbonyl (C=O) groups is 1. The molecule has 3 fully saturated rings. The normalized spacial score (nSPS) is 29.9. The summed E-state index contributed by atoms with van der Waals surface area (Å²) in [6, 6.07) is 5.74. The van der Waals surface area contributed by atoms with Crippen LogP contribution in [0.3, 0.4) is 0 Å². The van der Waals surface area contributed by atoms with E-state index in [0.717, 1.165) is 52.4 Å². The van der Waals surface area contributed by atoms with E-state index in [1.807, 2.05) is 56.4 Å². The lowest BCUT2D eigenvalue weighted by atomic mass is 9.29. The molecule has 0 bridgehead atoms. The second-order valence-electron chi connectivity index (χ2n) is 11.4. The zero-order valence-electron chi connectivity index (χ0n) is 21.4. The highest BCUT2D eigenvalue weighted by Crippen LogP contribution is 2.78. The molecule has 3 nitrogen and oxygen atoms in total. The van der Waals surface area contributed by atoms with Crippen molar-refractivity contribution >= 4 is 18.0 Å². The lowest BCUT2D eigenvalue weighted by molar-refractivity contribution is -0.267. The fourth-order valence-corrected chi connectivity index (χ4v) is 6.64. The number of hydrogen-bond acceptors (Lipinski definition) is 3. The molecule has 4 atom stereocenters. The molecule has 0 spiro atoms. The van der Waals surface area contributed by atoms with Gasteiger partial charge in [0.15, 0.2) is 6.29 Å². The molecule has 3 aliphatic carbocycles. The first-order valence-electron chi connectivity index (χ1n) is 12.4.